The molecule has 8 heteroatoms. The van der Waals surface area contributed by atoms with Crippen molar-refractivity contribution in [3.05, 3.63) is 142 Å². The Kier molecular flexibility index (Phi) is 13.2. The predicted octanol–water partition coefficient (Wildman–Crippen LogP) is 11.7. The maximum atomic E-state index is 12.3. The number of amides is 2. The van der Waals surface area contributed by atoms with Gasteiger partial charge in [-0.2, -0.15) is 4.57 Å². The first-order valence-corrected chi connectivity index (χ1v) is 23.4. The number of carbonyl (C=O) groups excluding carboxylic acids is 2. The van der Waals surface area contributed by atoms with E-state index in [2.05, 4.69) is 141 Å². The Morgan fingerprint density at radius 3 is 2.10 bits per heavy atom. The van der Waals surface area contributed by atoms with E-state index in [-0.39, 0.29) is 23.7 Å². The van der Waals surface area contributed by atoms with E-state index < -0.39 is 0 Å². The topological polar surface area (TPSA) is 65.3 Å². The molecule has 0 spiro atoms. The molecule has 1 unspecified atom stereocenters. The number of aryl methyl sites for hydroxylation is 1. The molecule has 60 heavy (non-hydrogen) atoms. The Morgan fingerprint density at radius 1 is 0.750 bits per heavy atom. The van der Waals surface area contributed by atoms with Crippen molar-refractivity contribution in [1.82, 2.24) is 10.6 Å². The van der Waals surface area contributed by atoms with E-state index in [0.717, 1.165) is 38.8 Å². The van der Waals surface area contributed by atoms with Crippen LogP contribution in [0.3, 0.4) is 0 Å². The number of hydrogen-bond acceptors (Lipinski definition) is 5. The van der Waals surface area contributed by atoms with Crippen molar-refractivity contribution in [3.63, 3.8) is 0 Å². The summed E-state index contributed by atoms with van der Waals surface area (Å²) in [4.78, 5) is 28.4. The maximum absolute atomic E-state index is 12.3. The van der Waals surface area contributed by atoms with Crippen LogP contribution in [0.15, 0.2) is 142 Å². The summed E-state index contributed by atoms with van der Waals surface area (Å²) in [7, 11) is 0. The van der Waals surface area contributed by atoms with Crippen LogP contribution in [-0.2, 0) is 16.1 Å². The van der Waals surface area contributed by atoms with Crippen molar-refractivity contribution in [2.75, 3.05) is 24.5 Å². The van der Waals surface area contributed by atoms with Crippen LogP contribution in [0.1, 0.15) is 71.2 Å². The number of anilines is 1. The van der Waals surface area contributed by atoms with Gasteiger partial charge in [-0.3, -0.25) is 9.59 Å². The van der Waals surface area contributed by atoms with Gasteiger partial charge in [-0.25, -0.2) is 0 Å². The van der Waals surface area contributed by atoms with Gasteiger partial charge in [0.2, 0.25) is 17.3 Å². The largest absolute Gasteiger partial charge is 0.356 e. The molecule has 2 heterocycles. The van der Waals surface area contributed by atoms with Gasteiger partial charge in [0.05, 0.1) is 10.7 Å². The second kappa shape index (κ2) is 19.0. The molecule has 5 aromatic rings. The molecule has 2 amide bonds. The molecule has 0 bridgehead atoms. The van der Waals surface area contributed by atoms with E-state index in [0.29, 0.717) is 19.0 Å². The highest BCUT2D eigenvalue weighted by molar-refractivity contribution is 8.03. The number of benzene rings is 4. The first-order chi connectivity index (χ1) is 29.2. The van der Waals surface area contributed by atoms with Crippen molar-refractivity contribution in [1.29, 1.82) is 0 Å². The van der Waals surface area contributed by atoms with Crippen molar-refractivity contribution < 1.29 is 14.2 Å². The lowest BCUT2D eigenvalue weighted by Crippen LogP contribution is -2.38. The molecule has 308 valence electrons. The smallest absolute Gasteiger partial charge is 0.263 e. The van der Waals surface area contributed by atoms with Gasteiger partial charge in [-0.1, -0.05) is 130 Å². The molecule has 2 N–H and O–H groups in total. The number of allylic oxidation sites excluding steroid dienone is 6. The Hall–Kier alpha value is -5.18. The monoisotopic (exact) mass is 833 g/mol. The fraction of sp³-hybridized carbons (Fsp3) is 0.327. The summed E-state index contributed by atoms with van der Waals surface area (Å²) in [5.41, 5.74) is 11.6. The molecule has 1 aromatic heterocycles. The lowest BCUT2D eigenvalue weighted by atomic mass is 9.77. The van der Waals surface area contributed by atoms with Crippen molar-refractivity contribution in [3.8, 4) is 22.3 Å². The molecule has 6 nitrogen and oxygen atoms in total. The zero-order chi connectivity index (χ0) is 41.6. The summed E-state index contributed by atoms with van der Waals surface area (Å²) in [5, 5.41) is 8.75. The highest BCUT2D eigenvalue weighted by atomic mass is 32.2. The van der Waals surface area contributed by atoms with Crippen LogP contribution in [0.4, 0.5) is 5.69 Å². The molecular weight excluding hydrogens is 777 g/mol. The lowest BCUT2D eigenvalue weighted by Gasteiger charge is -2.29. The van der Waals surface area contributed by atoms with Crippen LogP contribution in [0.25, 0.3) is 38.5 Å². The van der Waals surface area contributed by atoms with Crippen LogP contribution in [-0.4, -0.2) is 31.4 Å². The van der Waals surface area contributed by atoms with Gasteiger partial charge in [0.1, 0.15) is 4.70 Å². The molecule has 4 aromatic carbocycles. The Balaban J connectivity index is 1.07. The normalized spacial score (nSPS) is 17.6. The number of nitrogens with zero attached hydrogens (tertiary/aromatic N) is 2. The van der Waals surface area contributed by atoms with E-state index in [1.54, 1.807) is 0 Å². The molecular formula is C52H57N4O2S2+. The van der Waals surface area contributed by atoms with Gasteiger partial charge in [-0.05, 0) is 107 Å². The van der Waals surface area contributed by atoms with Crippen LogP contribution < -0.4 is 20.1 Å². The number of rotatable bonds is 14. The molecule has 0 fully saturated rings. The van der Waals surface area contributed by atoms with Crippen LogP contribution in [0, 0.1) is 17.8 Å². The molecule has 2 aliphatic carbocycles. The van der Waals surface area contributed by atoms with Gasteiger partial charge in [0, 0.05) is 54.9 Å². The van der Waals surface area contributed by atoms with E-state index in [1.165, 1.54) is 82.7 Å². The van der Waals surface area contributed by atoms with Gasteiger partial charge < -0.3 is 15.5 Å². The van der Waals surface area contributed by atoms with Crippen LogP contribution >= 0.6 is 23.1 Å². The number of nitrogens with one attached hydrogen (secondary N) is 2. The number of thiazole rings is 1. The highest BCUT2D eigenvalue weighted by Gasteiger charge is 2.29. The number of aromatic nitrogens is 1. The SMILES string of the molecule is CC(C)C(=O)NCCCN1C(=CC2=CC3=CC(=Cc4sc5cc(-c6ccccc6)ccc5[n+]4CCCNC(=O)C(C)C)CCC3CC2)Sc2cc(-c3ccccc3)ccc21. The molecule has 1 aliphatic heterocycles. The fourth-order valence-electron chi connectivity index (χ4n) is 8.37. The molecule has 1 atom stereocenters. The Labute approximate surface area is 364 Å². The molecule has 0 radical (unpaired) electrons. The fourth-order valence-corrected chi connectivity index (χ4v) is 10.8. The lowest BCUT2D eigenvalue weighted by molar-refractivity contribution is -0.669. The number of thioether (sulfide) groups is 1. The Morgan fingerprint density at radius 2 is 1.40 bits per heavy atom. The summed E-state index contributed by atoms with van der Waals surface area (Å²) in [5.74, 6) is 0.772. The van der Waals surface area contributed by atoms with E-state index in [9.17, 15) is 9.59 Å². The third-order valence-electron chi connectivity index (χ3n) is 11.8. The molecule has 0 saturated carbocycles. The highest BCUT2D eigenvalue weighted by Crippen LogP contribution is 2.49. The van der Waals surface area contributed by atoms with Gasteiger partial charge in [-0.15, -0.1) is 0 Å². The molecule has 8 rings (SSSR count). The van der Waals surface area contributed by atoms with Gasteiger partial charge in [0.25, 0.3) is 5.01 Å². The molecule has 3 aliphatic rings. The summed E-state index contributed by atoms with van der Waals surface area (Å²) >= 11 is 3.73. The molecule has 0 saturated heterocycles. The van der Waals surface area contributed by atoms with Gasteiger partial charge in [0.15, 0.2) is 6.54 Å². The maximum Gasteiger partial charge on any atom is 0.263 e. The second-order valence-electron chi connectivity index (χ2n) is 16.9. The van der Waals surface area contributed by atoms with E-state index in [4.69, 9.17) is 0 Å². The third-order valence-corrected chi connectivity index (χ3v) is 14.0. The number of fused-ring (bicyclic) bond motifs is 3. The first kappa shape index (κ1) is 41.5. The summed E-state index contributed by atoms with van der Waals surface area (Å²) in [6.45, 7) is 10.8. The van der Waals surface area contributed by atoms with Gasteiger partial charge >= 0.3 is 0 Å². The summed E-state index contributed by atoms with van der Waals surface area (Å²) in [6, 6.07) is 34.9. The predicted molar refractivity (Wildman–Crippen MR) is 252 cm³/mol. The zero-order valence-electron chi connectivity index (χ0n) is 35.4. The number of hydrogen-bond donors (Lipinski definition) is 2. The summed E-state index contributed by atoms with van der Waals surface area (Å²) in [6.07, 6.45) is 16.0. The standard InChI is InChI=1S/C52H56N4O2S2/c1-35(2)51(57)53-25-11-27-55-45-23-21-42(39-13-7-5-8-14-39)33-47(45)59-49(55)31-37-17-19-41-20-18-38(30-44(41)29-37)32-50-56(28-12-26-54-52(58)36(3)4)46-24-22-43(34-48(46)60-50)40-15-9-6-10-16-40/h5-10,13-16,21-24,29-36,41H,11-12,17-20,25-28H2,1-4H3,(H-,53,54,57,58)/p+1. The first-order valence-electron chi connectivity index (χ1n) is 21.8. The summed E-state index contributed by atoms with van der Waals surface area (Å²) < 4.78 is 3.74. The van der Waals surface area contributed by atoms with Crippen LogP contribution in [0.5, 0.6) is 0 Å². The van der Waals surface area contributed by atoms with E-state index >= 15 is 0 Å². The van der Waals surface area contributed by atoms with Crippen molar-refractivity contribution in [2.45, 2.75) is 77.7 Å². The minimum Gasteiger partial charge on any atom is -0.356 e. The number of carbonyl (C=O) groups is 2. The van der Waals surface area contributed by atoms with E-state index in [1.807, 2.05) is 50.8 Å². The zero-order valence-corrected chi connectivity index (χ0v) is 37.0. The Bertz CT molecular complexity index is 2480. The van der Waals surface area contributed by atoms with Crippen molar-refractivity contribution in [2.24, 2.45) is 17.8 Å². The second-order valence-corrected chi connectivity index (χ2v) is 19.0. The average molecular weight is 834 g/mol. The quantitative estimate of drug-likeness (QED) is 0.0864. The average Bonchev–Trinajstić information content (AvgIpc) is 3.79. The minimum absolute atomic E-state index is 0.0136. The minimum atomic E-state index is -0.0136. The van der Waals surface area contributed by atoms with Crippen molar-refractivity contribution >= 4 is 56.9 Å². The van der Waals surface area contributed by atoms with Crippen LogP contribution in [0.2, 0.25) is 0 Å². The third kappa shape index (κ3) is 9.72.